The molecule has 0 bridgehead atoms. The second-order valence-electron chi connectivity index (χ2n) is 6.40. The fourth-order valence-corrected chi connectivity index (χ4v) is 2.79. The van der Waals surface area contributed by atoms with Crippen LogP contribution < -0.4 is 11.1 Å². The average Bonchev–Trinajstić information content (AvgIpc) is 2.72. The number of hydrogen-bond acceptors (Lipinski definition) is 2. The molecule has 0 amide bonds. The van der Waals surface area contributed by atoms with Crippen LogP contribution in [0.25, 0.3) is 0 Å². The van der Waals surface area contributed by atoms with Gasteiger partial charge in [-0.1, -0.05) is 20.3 Å². The highest BCUT2D eigenvalue weighted by atomic mass is 14.9. The quantitative estimate of drug-likeness (QED) is 0.659. The van der Waals surface area contributed by atoms with Gasteiger partial charge in [-0.25, -0.2) is 0 Å². The summed E-state index contributed by atoms with van der Waals surface area (Å²) in [5.41, 5.74) is 6.98. The fraction of sp³-hybridized carbons (Fsp3) is 1.00. The van der Waals surface area contributed by atoms with Crippen molar-refractivity contribution in [1.82, 2.24) is 5.32 Å². The zero-order valence-electron chi connectivity index (χ0n) is 10.3. The van der Waals surface area contributed by atoms with E-state index in [-0.39, 0.29) is 0 Å². The lowest BCUT2D eigenvalue weighted by Crippen LogP contribution is -2.40. The van der Waals surface area contributed by atoms with Crippen LogP contribution in [0.15, 0.2) is 0 Å². The van der Waals surface area contributed by atoms with Gasteiger partial charge in [-0.05, 0) is 62.1 Å². The molecule has 2 saturated carbocycles. The second-order valence-corrected chi connectivity index (χ2v) is 6.40. The van der Waals surface area contributed by atoms with Crippen LogP contribution in [-0.4, -0.2) is 19.6 Å². The first-order valence-corrected chi connectivity index (χ1v) is 6.49. The van der Waals surface area contributed by atoms with E-state index in [1.54, 1.807) is 0 Å². The van der Waals surface area contributed by atoms with Crippen molar-refractivity contribution in [3.63, 3.8) is 0 Å². The lowest BCUT2D eigenvalue weighted by atomic mass is 9.67. The molecule has 0 aliphatic heterocycles. The maximum atomic E-state index is 5.84. The molecule has 0 radical (unpaired) electrons. The largest absolute Gasteiger partial charge is 0.330 e. The molecule has 0 spiro atoms. The first kappa shape index (κ1) is 11.4. The summed E-state index contributed by atoms with van der Waals surface area (Å²) in [5, 5.41) is 3.61. The van der Waals surface area contributed by atoms with Gasteiger partial charge >= 0.3 is 0 Å². The Kier molecular flexibility index (Phi) is 3.09. The molecular formula is C13H26N2. The molecule has 88 valence electrons. The van der Waals surface area contributed by atoms with E-state index >= 15 is 0 Å². The van der Waals surface area contributed by atoms with Crippen molar-refractivity contribution < 1.29 is 0 Å². The smallest absolute Gasteiger partial charge is 0.00152 e. The van der Waals surface area contributed by atoms with Crippen molar-refractivity contribution in [2.45, 2.75) is 46.0 Å². The van der Waals surface area contributed by atoms with Gasteiger partial charge in [0.1, 0.15) is 0 Å². The van der Waals surface area contributed by atoms with E-state index in [1.807, 2.05) is 0 Å². The van der Waals surface area contributed by atoms with E-state index in [0.717, 1.165) is 12.5 Å². The van der Waals surface area contributed by atoms with Gasteiger partial charge in [-0.3, -0.25) is 0 Å². The van der Waals surface area contributed by atoms with Crippen molar-refractivity contribution in [3.05, 3.63) is 0 Å². The Labute approximate surface area is 94.0 Å². The fourth-order valence-electron chi connectivity index (χ4n) is 2.79. The van der Waals surface area contributed by atoms with E-state index in [9.17, 15) is 0 Å². The highest BCUT2D eigenvalue weighted by molar-refractivity contribution is 4.96. The predicted molar refractivity (Wildman–Crippen MR) is 64.7 cm³/mol. The molecule has 3 N–H and O–H groups in total. The molecule has 2 aliphatic carbocycles. The molecule has 2 aliphatic rings. The molecule has 0 aromatic rings. The minimum Gasteiger partial charge on any atom is -0.330 e. The maximum Gasteiger partial charge on any atom is -0.00152 e. The Bertz CT molecular complexity index is 213. The molecule has 2 nitrogen and oxygen atoms in total. The average molecular weight is 210 g/mol. The molecular weight excluding hydrogens is 184 g/mol. The molecule has 2 fully saturated rings. The Morgan fingerprint density at radius 2 is 2.00 bits per heavy atom. The maximum absolute atomic E-state index is 5.84. The second kappa shape index (κ2) is 4.06. The Hall–Kier alpha value is -0.0800. The predicted octanol–water partition coefficient (Wildman–Crippen LogP) is 2.14. The third-order valence-corrected chi connectivity index (χ3v) is 4.79. The standard InChI is InChI=1S/C13H26N2/c1-12(2)8-11(12)9-15-7-6-13(10-14)4-3-5-13/h11,15H,3-10,14H2,1-2H3. The van der Waals surface area contributed by atoms with Gasteiger partial charge in [-0.2, -0.15) is 0 Å². The lowest BCUT2D eigenvalue weighted by molar-refractivity contribution is 0.130. The molecule has 0 aromatic carbocycles. The summed E-state index contributed by atoms with van der Waals surface area (Å²) in [7, 11) is 0. The van der Waals surface area contributed by atoms with Gasteiger partial charge in [0.25, 0.3) is 0 Å². The number of rotatable bonds is 6. The van der Waals surface area contributed by atoms with Crippen LogP contribution >= 0.6 is 0 Å². The minimum atomic E-state index is 0.520. The van der Waals surface area contributed by atoms with Gasteiger partial charge in [0.15, 0.2) is 0 Å². The normalized spacial score (nSPS) is 31.0. The minimum absolute atomic E-state index is 0.520. The Morgan fingerprint density at radius 3 is 2.40 bits per heavy atom. The Morgan fingerprint density at radius 1 is 1.33 bits per heavy atom. The molecule has 0 aromatic heterocycles. The molecule has 2 rings (SSSR count). The summed E-state index contributed by atoms with van der Waals surface area (Å²) in [6, 6.07) is 0. The third-order valence-electron chi connectivity index (χ3n) is 4.79. The van der Waals surface area contributed by atoms with Gasteiger partial charge < -0.3 is 11.1 Å². The third kappa shape index (κ3) is 2.54. The monoisotopic (exact) mass is 210 g/mol. The van der Waals surface area contributed by atoms with Crippen LogP contribution in [-0.2, 0) is 0 Å². The first-order valence-electron chi connectivity index (χ1n) is 6.49. The first-order chi connectivity index (χ1) is 7.08. The summed E-state index contributed by atoms with van der Waals surface area (Å²) in [6.07, 6.45) is 6.81. The molecule has 0 saturated heterocycles. The van der Waals surface area contributed by atoms with E-state index in [2.05, 4.69) is 19.2 Å². The van der Waals surface area contributed by atoms with Crippen LogP contribution in [0.4, 0.5) is 0 Å². The van der Waals surface area contributed by atoms with Gasteiger partial charge in [-0.15, -0.1) is 0 Å². The summed E-state index contributed by atoms with van der Waals surface area (Å²) < 4.78 is 0. The van der Waals surface area contributed by atoms with Gasteiger partial charge in [0.05, 0.1) is 0 Å². The van der Waals surface area contributed by atoms with E-state index < -0.39 is 0 Å². The summed E-state index contributed by atoms with van der Waals surface area (Å²) >= 11 is 0. The molecule has 0 heterocycles. The highest BCUT2D eigenvalue weighted by Crippen LogP contribution is 2.51. The van der Waals surface area contributed by atoms with Crippen molar-refractivity contribution in [1.29, 1.82) is 0 Å². The lowest BCUT2D eigenvalue weighted by Gasteiger charge is -2.41. The number of nitrogens with two attached hydrogens (primary N) is 1. The van der Waals surface area contributed by atoms with E-state index in [4.69, 9.17) is 5.73 Å². The van der Waals surface area contributed by atoms with E-state index in [0.29, 0.717) is 10.8 Å². The summed E-state index contributed by atoms with van der Waals surface area (Å²) in [5.74, 6) is 0.924. The zero-order chi connectivity index (χ0) is 10.9. The van der Waals surface area contributed by atoms with Crippen LogP contribution in [0.1, 0.15) is 46.0 Å². The summed E-state index contributed by atoms with van der Waals surface area (Å²) in [6.45, 7) is 8.01. The Balaban J connectivity index is 1.55. The topological polar surface area (TPSA) is 38.0 Å². The molecule has 1 unspecified atom stereocenters. The van der Waals surface area contributed by atoms with Gasteiger partial charge in [0, 0.05) is 0 Å². The zero-order valence-corrected chi connectivity index (χ0v) is 10.3. The van der Waals surface area contributed by atoms with Crippen molar-refractivity contribution in [3.8, 4) is 0 Å². The van der Waals surface area contributed by atoms with E-state index in [1.165, 1.54) is 45.2 Å². The summed E-state index contributed by atoms with van der Waals surface area (Å²) in [4.78, 5) is 0. The van der Waals surface area contributed by atoms with Crippen molar-refractivity contribution >= 4 is 0 Å². The van der Waals surface area contributed by atoms with Crippen LogP contribution in [0.3, 0.4) is 0 Å². The SMILES string of the molecule is CC1(C)CC1CNCCC1(CN)CCC1. The van der Waals surface area contributed by atoms with Crippen molar-refractivity contribution in [2.24, 2.45) is 22.5 Å². The number of nitrogens with one attached hydrogen (secondary N) is 1. The van der Waals surface area contributed by atoms with Crippen LogP contribution in [0.5, 0.6) is 0 Å². The van der Waals surface area contributed by atoms with Crippen LogP contribution in [0.2, 0.25) is 0 Å². The molecule has 2 heteroatoms. The van der Waals surface area contributed by atoms with Crippen molar-refractivity contribution in [2.75, 3.05) is 19.6 Å². The molecule has 1 atom stereocenters. The van der Waals surface area contributed by atoms with Crippen LogP contribution in [0, 0.1) is 16.7 Å². The number of hydrogen-bond donors (Lipinski definition) is 2. The molecule has 15 heavy (non-hydrogen) atoms. The highest BCUT2D eigenvalue weighted by Gasteiger charge is 2.44. The van der Waals surface area contributed by atoms with Gasteiger partial charge in [0.2, 0.25) is 0 Å².